The first kappa shape index (κ1) is 19.8. The maximum atomic E-state index is 11.7. The summed E-state index contributed by atoms with van der Waals surface area (Å²) < 4.78 is 0. The molecular formula is C27H31NO. The second kappa shape index (κ2) is 8.12. The number of aliphatic imine (C=N–C) groups is 1. The quantitative estimate of drug-likeness (QED) is 0.644. The fourth-order valence-corrected chi connectivity index (χ4v) is 4.83. The molecule has 2 aromatic carbocycles. The predicted molar refractivity (Wildman–Crippen MR) is 121 cm³/mol. The molecule has 5 aliphatic carbocycles. The molecule has 2 heteroatoms. The molecule has 0 aromatic heterocycles. The Morgan fingerprint density at radius 3 is 2.34 bits per heavy atom. The van der Waals surface area contributed by atoms with Gasteiger partial charge in [-0.05, 0) is 68.7 Å². The first-order valence-electron chi connectivity index (χ1n) is 10.8. The van der Waals surface area contributed by atoms with Crippen molar-refractivity contribution in [2.45, 2.75) is 58.1 Å². The fourth-order valence-electron chi connectivity index (χ4n) is 4.83. The van der Waals surface area contributed by atoms with E-state index in [1.54, 1.807) is 0 Å². The molecule has 150 valence electrons. The van der Waals surface area contributed by atoms with Gasteiger partial charge in [0.15, 0.2) is 0 Å². The van der Waals surface area contributed by atoms with Crippen LogP contribution >= 0.6 is 0 Å². The van der Waals surface area contributed by atoms with Crippen LogP contribution in [0.5, 0.6) is 0 Å². The molecule has 0 aliphatic heterocycles. The van der Waals surface area contributed by atoms with Crippen molar-refractivity contribution in [2.75, 3.05) is 0 Å². The number of nitrogens with zero attached hydrogens (tertiary/aromatic N) is 1. The highest BCUT2D eigenvalue weighted by atomic mass is 16.3. The Morgan fingerprint density at radius 1 is 1.00 bits per heavy atom. The third-order valence-corrected chi connectivity index (χ3v) is 6.56. The summed E-state index contributed by atoms with van der Waals surface area (Å²) in [6, 6.07) is 19.4. The van der Waals surface area contributed by atoms with Crippen LogP contribution in [0, 0.1) is 5.92 Å². The summed E-state index contributed by atoms with van der Waals surface area (Å²) >= 11 is 0. The summed E-state index contributed by atoms with van der Waals surface area (Å²) in [5, 5.41) is 11.7. The zero-order chi connectivity index (χ0) is 20.4. The summed E-state index contributed by atoms with van der Waals surface area (Å²) in [6.45, 7) is 6.18. The molecule has 2 unspecified atom stereocenters. The van der Waals surface area contributed by atoms with Gasteiger partial charge in [-0.3, -0.25) is 4.99 Å². The second-order valence-corrected chi connectivity index (χ2v) is 8.67. The maximum Gasteiger partial charge on any atom is 0.0950 e. The van der Waals surface area contributed by atoms with E-state index >= 15 is 0 Å². The highest BCUT2D eigenvalue weighted by Crippen LogP contribution is 2.39. The maximum absolute atomic E-state index is 11.7. The SMILES string of the molecule is CC(=N[C@@H](C)c1ccccc1)C1=C2C=CC(CCc3ccc(cc3)CC2)C1(C)O. The Morgan fingerprint density at radius 2 is 1.66 bits per heavy atom. The van der Waals surface area contributed by atoms with Crippen LogP contribution in [0.25, 0.3) is 0 Å². The van der Waals surface area contributed by atoms with Crippen molar-refractivity contribution < 1.29 is 5.11 Å². The van der Waals surface area contributed by atoms with Gasteiger partial charge in [0.1, 0.15) is 0 Å². The average molecular weight is 386 g/mol. The van der Waals surface area contributed by atoms with E-state index in [-0.39, 0.29) is 12.0 Å². The van der Waals surface area contributed by atoms with Crippen molar-refractivity contribution in [1.82, 2.24) is 0 Å². The standard InChI is InChI=1S/C27H31NO/c1-19(23-7-5-4-6-8-23)28-20(2)26-24-15-13-21-9-11-22(12-10-21)14-17-25(18-16-24)27(26,3)29/h4-12,16,18-19,25,29H,13-15,17H2,1-3H3/t19-,25?,27?/m0/s1. The molecule has 2 nitrogen and oxygen atoms in total. The lowest BCUT2D eigenvalue weighted by atomic mass is 9.71. The topological polar surface area (TPSA) is 32.6 Å². The highest BCUT2D eigenvalue weighted by Gasteiger charge is 2.39. The minimum Gasteiger partial charge on any atom is -0.385 e. The van der Waals surface area contributed by atoms with E-state index in [4.69, 9.17) is 4.99 Å². The van der Waals surface area contributed by atoms with E-state index < -0.39 is 5.60 Å². The molecular weight excluding hydrogens is 354 g/mol. The van der Waals surface area contributed by atoms with Gasteiger partial charge >= 0.3 is 0 Å². The molecule has 5 aliphatic rings. The molecule has 2 aromatic rings. The second-order valence-electron chi connectivity index (χ2n) is 8.67. The van der Waals surface area contributed by atoms with Crippen LogP contribution in [0.15, 0.2) is 82.9 Å². The van der Waals surface area contributed by atoms with E-state index in [1.165, 1.54) is 22.3 Å². The molecule has 0 heterocycles. The van der Waals surface area contributed by atoms with Crippen LogP contribution in [0.4, 0.5) is 0 Å². The number of hydrogen-bond acceptors (Lipinski definition) is 2. The number of aryl methyl sites for hydroxylation is 2. The van der Waals surface area contributed by atoms with Crippen molar-refractivity contribution in [3.05, 3.63) is 94.6 Å². The number of benzene rings is 2. The van der Waals surface area contributed by atoms with Gasteiger partial charge in [0, 0.05) is 17.2 Å². The van der Waals surface area contributed by atoms with E-state index in [2.05, 4.69) is 74.5 Å². The Labute approximate surface area is 174 Å². The third kappa shape index (κ3) is 4.13. The van der Waals surface area contributed by atoms with Gasteiger partial charge in [0.2, 0.25) is 0 Å². The molecule has 1 N–H and O–H groups in total. The number of hydrogen-bond donors (Lipinski definition) is 1. The zero-order valence-corrected chi connectivity index (χ0v) is 17.7. The number of allylic oxidation sites excluding steroid dienone is 2. The minimum atomic E-state index is -0.898. The highest BCUT2D eigenvalue weighted by molar-refractivity contribution is 6.01. The van der Waals surface area contributed by atoms with Crippen molar-refractivity contribution in [1.29, 1.82) is 0 Å². The van der Waals surface area contributed by atoms with Crippen LogP contribution < -0.4 is 0 Å². The lowest BCUT2D eigenvalue weighted by Gasteiger charge is -2.38. The Kier molecular flexibility index (Phi) is 5.56. The summed E-state index contributed by atoms with van der Waals surface area (Å²) in [5.74, 6) is 0.0949. The van der Waals surface area contributed by atoms with Crippen molar-refractivity contribution in [3.8, 4) is 0 Å². The van der Waals surface area contributed by atoms with Crippen LogP contribution in [0.2, 0.25) is 0 Å². The molecule has 29 heavy (non-hydrogen) atoms. The van der Waals surface area contributed by atoms with Crippen LogP contribution in [0.1, 0.15) is 56.3 Å². The Hall–Kier alpha value is -2.45. The van der Waals surface area contributed by atoms with Crippen LogP contribution in [-0.2, 0) is 12.8 Å². The molecule has 0 fully saturated rings. The molecule has 0 saturated heterocycles. The van der Waals surface area contributed by atoms with Gasteiger partial charge in [-0.15, -0.1) is 0 Å². The summed E-state index contributed by atoms with van der Waals surface area (Å²) in [6.07, 6.45) is 8.27. The van der Waals surface area contributed by atoms with Crippen LogP contribution in [-0.4, -0.2) is 16.4 Å². The van der Waals surface area contributed by atoms with Gasteiger partial charge in [-0.1, -0.05) is 66.7 Å². The van der Waals surface area contributed by atoms with E-state index in [1.807, 2.05) is 13.0 Å². The van der Waals surface area contributed by atoms with Gasteiger partial charge in [0.25, 0.3) is 0 Å². The normalized spacial score (nSPS) is 25.7. The number of rotatable bonds is 3. The lowest BCUT2D eigenvalue weighted by Crippen LogP contribution is -2.41. The molecule has 0 amide bonds. The molecule has 0 radical (unpaired) electrons. The van der Waals surface area contributed by atoms with E-state index in [0.29, 0.717) is 0 Å². The largest absolute Gasteiger partial charge is 0.385 e. The average Bonchev–Trinajstić information content (AvgIpc) is 2.70. The first-order valence-corrected chi connectivity index (χ1v) is 10.8. The van der Waals surface area contributed by atoms with E-state index in [0.717, 1.165) is 37.0 Å². The first-order chi connectivity index (χ1) is 13.9. The smallest absolute Gasteiger partial charge is 0.0950 e. The number of aliphatic hydroxyl groups is 1. The summed E-state index contributed by atoms with van der Waals surface area (Å²) in [7, 11) is 0. The molecule has 4 bridgehead atoms. The summed E-state index contributed by atoms with van der Waals surface area (Å²) in [4.78, 5) is 5.03. The van der Waals surface area contributed by atoms with Gasteiger partial charge in [-0.2, -0.15) is 0 Å². The zero-order valence-electron chi connectivity index (χ0n) is 17.7. The Bertz CT molecular complexity index is 948. The third-order valence-electron chi connectivity index (χ3n) is 6.56. The molecule has 0 saturated carbocycles. The molecule has 0 spiro atoms. The van der Waals surface area contributed by atoms with Gasteiger partial charge in [0.05, 0.1) is 11.6 Å². The monoisotopic (exact) mass is 385 g/mol. The fraction of sp³-hybridized carbons (Fsp3) is 0.370. The Balaban J connectivity index is 1.73. The van der Waals surface area contributed by atoms with Gasteiger partial charge < -0.3 is 5.11 Å². The van der Waals surface area contributed by atoms with Crippen molar-refractivity contribution in [2.24, 2.45) is 10.9 Å². The lowest BCUT2D eigenvalue weighted by molar-refractivity contribution is 0.0541. The molecule has 7 rings (SSSR count). The predicted octanol–water partition coefficient (Wildman–Crippen LogP) is 6.02. The van der Waals surface area contributed by atoms with E-state index in [9.17, 15) is 5.11 Å². The van der Waals surface area contributed by atoms with Crippen LogP contribution in [0.3, 0.4) is 0 Å². The van der Waals surface area contributed by atoms with Crippen molar-refractivity contribution >= 4 is 5.71 Å². The molecule has 3 atom stereocenters. The summed E-state index contributed by atoms with van der Waals surface area (Å²) in [5.41, 5.74) is 6.21. The van der Waals surface area contributed by atoms with Gasteiger partial charge in [-0.25, -0.2) is 0 Å². The van der Waals surface area contributed by atoms with Crippen molar-refractivity contribution in [3.63, 3.8) is 0 Å². The minimum absolute atomic E-state index is 0.0656.